The van der Waals surface area contributed by atoms with Crippen molar-refractivity contribution in [3.63, 3.8) is 0 Å². The molecule has 2 aromatic carbocycles. The summed E-state index contributed by atoms with van der Waals surface area (Å²) in [5.41, 5.74) is 0.756. The molecular weight excluding hydrogens is 408 g/mol. The second kappa shape index (κ2) is 7.69. The van der Waals surface area contributed by atoms with Gasteiger partial charge in [0.1, 0.15) is 5.75 Å². The van der Waals surface area contributed by atoms with Crippen LogP contribution in [0.2, 0.25) is 5.02 Å². The van der Waals surface area contributed by atoms with Crippen LogP contribution in [-0.4, -0.2) is 46.3 Å². The Bertz CT molecular complexity index is 1040. The van der Waals surface area contributed by atoms with E-state index in [2.05, 4.69) is 10.1 Å². The average molecular weight is 425 g/mol. The number of nitrogens with one attached hydrogen (secondary N) is 1. The standard InChI is InChI=1S/C18H17ClN2O6S/c1-26-18(23)12-9-11(7-8-13(12)19)20-17(22)16-10-21(28(2,24)25)14-5-3-4-6-15(14)27-16/h3-9,16H,10H2,1-2H3,(H,20,22). The van der Waals surface area contributed by atoms with Crippen molar-refractivity contribution in [2.75, 3.05) is 29.5 Å². The van der Waals surface area contributed by atoms with Gasteiger partial charge < -0.3 is 14.8 Å². The number of halogens is 1. The third-order valence-electron chi connectivity index (χ3n) is 4.07. The molecule has 1 atom stereocenters. The molecule has 28 heavy (non-hydrogen) atoms. The fourth-order valence-electron chi connectivity index (χ4n) is 2.74. The largest absolute Gasteiger partial charge is 0.476 e. The van der Waals surface area contributed by atoms with E-state index in [1.54, 1.807) is 24.3 Å². The second-order valence-electron chi connectivity index (χ2n) is 6.04. The predicted octanol–water partition coefficient (Wildman–Crippen LogP) is 2.29. The first kappa shape index (κ1) is 20.0. The van der Waals surface area contributed by atoms with Crippen LogP contribution in [0.15, 0.2) is 42.5 Å². The normalized spacial score (nSPS) is 16.0. The number of amides is 1. The van der Waals surface area contributed by atoms with Crippen molar-refractivity contribution in [2.45, 2.75) is 6.10 Å². The molecule has 1 N–H and O–H groups in total. The van der Waals surface area contributed by atoms with Crippen LogP contribution in [0.3, 0.4) is 0 Å². The van der Waals surface area contributed by atoms with E-state index >= 15 is 0 Å². The van der Waals surface area contributed by atoms with Crippen molar-refractivity contribution < 1.29 is 27.5 Å². The summed E-state index contributed by atoms with van der Waals surface area (Å²) in [5, 5.41) is 2.79. The molecule has 1 aliphatic rings. The molecule has 1 unspecified atom stereocenters. The number of carbonyl (C=O) groups is 2. The van der Waals surface area contributed by atoms with E-state index in [0.29, 0.717) is 11.4 Å². The highest BCUT2D eigenvalue weighted by Crippen LogP contribution is 2.34. The summed E-state index contributed by atoms with van der Waals surface area (Å²) >= 11 is 5.97. The number of rotatable bonds is 4. The third kappa shape index (κ3) is 4.05. The van der Waals surface area contributed by atoms with Crippen molar-refractivity contribution in [3.8, 4) is 5.75 Å². The fraction of sp³-hybridized carbons (Fsp3) is 0.222. The molecule has 0 bridgehead atoms. The van der Waals surface area contributed by atoms with Crippen LogP contribution < -0.4 is 14.4 Å². The third-order valence-corrected chi connectivity index (χ3v) is 5.54. The zero-order valence-electron chi connectivity index (χ0n) is 15.0. The van der Waals surface area contributed by atoms with Gasteiger partial charge in [-0.1, -0.05) is 23.7 Å². The van der Waals surface area contributed by atoms with Crippen LogP contribution in [0.5, 0.6) is 5.75 Å². The van der Waals surface area contributed by atoms with E-state index in [1.807, 2.05) is 0 Å². The summed E-state index contributed by atoms with van der Waals surface area (Å²) in [7, 11) is -2.39. The Kier molecular flexibility index (Phi) is 5.48. The molecule has 8 nitrogen and oxygen atoms in total. The number of methoxy groups -OCH3 is 1. The van der Waals surface area contributed by atoms with Crippen LogP contribution in [0, 0.1) is 0 Å². The molecule has 148 valence electrons. The van der Waals surface area contributed by atoms with Crippen LogP contribution >= 0.6 is 11.6 Å². The van der Waals surface area contributed by atoms with E-state index in [1.165, 1.54) is 25.3 Å². The second-order valence-corrected chi connectivity index (χ2v) is 8.36. The summed E-state index contributed by atoms with van der Waals surface area (Å²) in [6.45, 7) is -0.181. The molecule has 1 aliphatic heterocycles. The Labute approximate surface area is 167 Å². The molecule has 1 amide bonds. The number of nitrogens with zero attached hydrogens (tertiary/aromatic N) is 1. The molecule has 0 aromatic heterocycles. The highest BCUT2D eigenvalue weighted by Gasteiger charge is 2.35. The molecule has 1 heterocycles. The zero-order chi connectivity index (χ0) is 20.5. The summed E-state index contributed by atoms with van der Waals surface area (Å²) < 4.78 is 35.7. The van der Waals surface area contributed by atoms with Gasteiger partial charge in [-0.25, -0.2) is 13.2 Å². The maximum absolute atomic E-state index is 12.7. The molecule has 0 radical (unpaired) electrons. The van der Waals surface area contributed by atoms with E-state index in [4.69, 9.17) is 16.3 Å². The average Bonchev–Trinajstić information content (AvgIpc) is 2.67. The number of esters is 1. The van der Waals surface area contributed by atoms with Crippen molar-refractivity contribution in [2.24, 2.45) is 0 Å². The smallest absolute Gasteiger partial charge is 0.339 e. The Morgan fingerprint density at radius 2 is 1.96 bits per heavy atom. The van der Waals surface area contributed by atoms with E-state index in [-0.39, 0.29) is 22.9 Å². The van der Waals surface area contributed by atoms with Crippen LogP contribution in [-0.2, 0) is 19.6 Å². The van der Waals surface area contributed by atoms with Crippen molar-refractivity contribution in [1.82, 2.24) is 0 Å². The van der Waals surface area contributed by atoms with Gasteiger partial charge in [-0.3, -0.25) is 9.10 Å². The van der Waals surface area contributed by atoms with Gasteiger partial charge in [-0.2, -0.15) is 0 Å². The highest BCUT2D eigenvalue weighted by molar-refractivity contribution is 7.92. The van der Waals surface area contributed by atoms with Crippen LogP contribution in [0.4, 0.5) is 11.4 Å². The summed E-state index contributed by atoms with van der Waals surface area (Å²) in [6.07, 6.45) is -0.0202. The number of carbonyl (C=O) groups excluding carboxylic acids is 2. The minimum atomic E-state index is -3.61. The molecule has 0 fully saturated rings. The first-order valence-corrected chi connectivity index (χ1v) is 10.4. The molecule has 0 saturated heterocycles. The number of fused-ring (bicyclic) bond motifs is 1. The Morgan fingerprint density at radius 1 is 1.25 bits per heavy atom. The summed E-state index contributed by atoms with van der Waals surface area (Å²) in [5.74, 6) is -0.931. The lowest BCUT2D eigenvalue weighted by Gasteiger charge is -2.33. The number of ether oxygens (including phenoxy) is 2. The topological polar surface area (TPSA) is 102 Å². The number of anilines is 2. The Hall–Kier alpha value is -2.78. The monoisotopic (exact) mass is 424 g/mol. The number of benzene rings is 2. The molecule has 10 heteroatoms. The van der Waals surface area contributed by atoms with Crippen molar-refractivity contribution in [1.29, 1.82) is 0 Å². The Morgan fingerprint density at radius 3 is 2.64 bits per heavy atom. The van der Waals surface area contributed by atoms with Gasteiger partial charge in [0, 0.05) is 5.69 Å². The molecule has 2 aromatic rings. The van der Waals surface area contributed by atoms with Gasteiger partial charge in [0.15, 0.2) is 6.10 Å². The first-order valence-electron chi connectivity index (χ1n) is 8.13. The summed E-state index contributed by atoms with van der Waals surface area (Å²) in [6, 6.07) is 10.9. The minimum absolute atomic E-state index is 0.0923. The SMILES string of the molecule is COC(=O)c1cc(NC(=O)C2CN(S(C)(=O)=O)c3ccccc3O2)ccc1Cl. The minimum Gasteiger partial charge on any atom is -0.476 e. The van der Waals surface area contributed by atoms with Gasteiger partial charge in [0.25, 0.3) is 5.91 Å². The molecule has 0 saturated carbocycles. The van der Waals surface area contributed by atoms with Gasteiger partial charge in [-0.05, 0) is 30.3 Å². The van der Waals surface area contributed by atoms with Gasteiger partial charge in [0.2, 0.25) is 10.0 Å². The number of hydrogen-bond donors (Lipinski definition) is 1. The van der Waals surface area contributed by atoms with Crippen LogP contribution in [0.25, 0.3) is 0 Å². The van der Waals surface area contributed by atoms with E-state index < -0.39 is 28.0 Å². The number of sulfonamides is 1. The summed E-state index contributed by atoms with van der Waals surface area (Å²) in [4.78, 5) is 24.4. The maximum Gasteiger partial charge on any atom is 0.339 e. The van der Waals surface area contributed by atoms with Gasteiger partial charge >= 0.3 is 5.97 Å². The lowest BCUT2D eigenvalue weighted by molar-refractivity contribution is -0.122. The molecule has 0 spiro atoms. The van der Waals surface area contributed by atoms with E-state index in [0.717, 1.165) is 10.6 Å². The quantitative estimate of drug-likeness (QED) is 0.755. The maximum atomic E-state index is 12.7. The zero-order valence-corrected chi connectivity index (χ0v) is 16.6. The van der Waals surface area contributed by atoms with Gasteiger partial charge in [-0.15, -0.1) is 0 Å². The number of para-hydroxylation sites is 2. The number of hydrogen-bond acceptors (Lipinski definition) is 6. The first-order chi connectivity index (χ1) is 13.2. The lowest BCUT2D eigenvalue weighted by Crippen LogP contribution is -2.48. The predicted molar refractivity (Wildman–Crippen MR) is 104 cm³/mol. The van der Waals surface area contributed by atoms with Crippen molar-refractivity contribution in [3.05, 3.63) is 53.1 Å². The lowest BCUT2D eigenvalue weighted by atomic mass is 10.2. The molecule has 3 rings (SSSR count). The fourth-order valence-corrected chi connectivity index (χ4v) is 3.85. The molecule has 0 aliphatic carbocycles. The molecular formula is C18H17ClN2O6S. The van der Waals surface area contributed by atoms with Crippen molar-refractivity contribution >= 4 is 44.9 Å². The Balaban J connectivity index is 1.85. The van der Waals surface area contributed by atoms with E-state index in [9.17, 15) is 18.0 Å². The van der Waals surface area contributed by atoms with Gasteiger partial charge in [0.05, 0.1) is 36.2 Å². The highest BCUT2D eigenvalue weighted by atomic mass is 35.5. The van der Waals surface area contributed by atoms with Crippen LogP contribution in [0.1, 0.15) is 10.4 Å².